The summed E-state index contributed by atoms with van der Waals surface area (Å²) in [5.41, 5.74) is 0.782. The fraction of sp³-hybridized carbons (Fsp3) is 0.217. The second-order valence-corrected chi connectivity index (χ2v) is 7.92. The number of nitrogens with zero attached hydrogens (tertiary/aromatic N) is 4. The highest BCUT2D eigenvalue weighted by molar-refractivity contribution is 6.33. The van der Waals surface area contributed by atoms with E-state index in [2.05, 4.69) is 10.4 Å². The first-order valence-electron chi connectivity index (χ1n) is 10.3. The van der Waals surface area contributed by atoms with Crippen molar-refractivity contribution < 1.29 is 9.18 Å². The van der Waals surface area contributed by atoms with Crippen LogP contribution in [0.4, 0.5) is 10.1 Å². The van der Waals surface area contributed by atoms with Gasteiger partial charge in [0.2, 0.25) is 5.91 Å². The minimum atomic E-state index is -0.662. The largest absolute Gasteiger partial charge is 0.332 e. The quantitative estimate of drug-likeness (QED) is 0.469. The molecule has 0 fully saturated rings. The Morgan fingerprint density at radius 2 is 1.76 bits per heavy atom. The molecule has 0 aliphatic heterocycles. The second kappa shape index (κ2) is 9.03. The Labute approximate surface area is 192 Å². The maximum absolute atomic E-state index is 13.4. The molecule has 4 rings (SSSR count). The number of nitrogens with one attached hydrogen (secondary N) is 1. The lowest BCUT2D eigenvalue weighted by Gasteiger charge is -2.14. The first kappa shape index (κ1) is 22.5. The van der Waals surface area contributed by atoms with Gasteiger partial charge in [0, 0.05) is 6.54 Å². The number of hydrogen-bond acceptors (Lipinski definition) is 4. The van der Waals surface area contributed by atoms with E-state index in [1.807, 2.05) is 6.92 Å². The molecule has 0 aliphatic carbocycles. The van der Waals surface area contributed by atoms with E-state index in [1.165, 1.54) is 33.5 Å². The summed E-state index contributed by atoms with van der Waals surface area (Å²) in [6, 6.07) is 12.3. The molecule has 0 aliphatic rings. The minimum absolute atomic E-state index is 0.0754. The molecule has 0 radical (unpaired) electrons. The van der Waals surface area contributed by atoms with E-state index >= 15 is 0 Å². The molecule has 0 spiro atoms. The number of benzene rings is 2. The Morgan fingerprint density at radius 1 is 1.06 bits per heavy atom. The van der Waals surface area contributed by atoms with Gasteiger partial charge in [-0.3, -0.25) is 23.4 Å². The fourth-order valence-corrected chi connectivity index (χ4v) is 3.93. The highest BCUT2D eigenvalue weighted by atomic mass is 35.5. The number of para-hydroxylation sites is 1. The Bertz CT molecular complexity index is 1470. The number of aromatic nitrogens is 4. The van der Waals surface area contributed by atoms with Gasteiger partial charge < -0.3 is 5.32 Å². The van der Waals surface area contributed by atoms with E-state index in [9.17, 15) is 18.8 Å². The number of aryl methyl sites for hydroxylation is 2. The molecular weight excluding hydrogens is 449 g/mol. The van der Waals surface area contributed by atoms with Gasteiger partial charge in [-0.05, 0) is 43.7 Å². The summed E-state index contributed by atoms with van der Waals surface area (Å²) < 4.78 is 17.1. The van der Waals surface area contributed by atoms with Gasteiger partial charge in [-0.25, -0.2) is 9.18 Å². The van der Waals surface area contributed by atoms with Gasteiger partial charge in [-0.2, -0.15) is 5.10 Å². The van der Waals surface area contributed by atoms with Crippen molar-refractivity contribution in [1.29, 1.82) is 0 Å². The number of fused-ring (bicyclic) bond motifs is 1. The van der Waals surface area contributed by atoms with E-state index in [-0.39, 0.29) is 18.6 Å². The monoisotopic (exact) mass is 469 g/mol. The van der Waals surface area contributed by atoms with E-state index in [0.29, 0.717) is 34.0 Å². The normalized spacial score (nSPS) is 11.2. The highest BCUT2D eigenvalue weighted by Gasteiger charge is 2.22. The number of amides is 1. The molecule has 0 atom stereocenters. The average molecular weight is 470 g/mol. The van der Waals surface area contributed by atoms with Crippen LogP contribution in [0.3, 0.4) is 0 Å². The van der Waals surface area contributed by atoms with Crippen LogP contribution >= 0.6 is 11.6 Å². The topological polar surface area (TPSA) is 90.9 Å². The van der Waals surface area contributed by atoms with Crippen LogP contribution in [0, 0.1) is 12.7 Å². The van der Waals surface area contributed by atoms with Gasteiger partial charge in [0.1, 0.15) is 17.9 Å². The molecule has 0 unspecified atom stereocenters. The van der Waals surface area contributed by atoms with Crippen molar-refractivity contribution in [2.45, 2.75) is 33.5 Å². The number of halogens is 2. The van der Waals surface area contributed by atoms with Crippen LogP contribution in [0.1, 0.15) is 18.2 Å². The predicted molar refractivity (Wildman–Crippen MR) is 124 cm³/mol. The molecule has 2 heterocycles. The Balaban J connectivity index is 1.83. The third-order valence-electron chi connectivity index (χ3n) is 5.28. The smallest absolute Gasteiger partial charge is 0.323 e. The van der Waals surface area contributed by atoms with Gasteiger partial charge in [-0.1, -0.05) is 35.9 Å². The van der Waals surface area contributed by atoms with E-state index in [0.717, 1.165) is 4.57 Å². The van der Waals surface area contributed by atoms with Gasteiger partial charge in [0.05, 0.1) is 22.9 Å². The molecule has 0 bridgehead atoms. The summed E-state index contributed by atoms with van der Waals surface area (Å²) in [5.74, 6) is -0.906. The molecule has 1 amide bonds. The van der Waals surface area contributed by atoms with Crippen molar-refractivity contribution in [2.24, 2.45) is 0 Å². The van der Waals surface area contributed by atoms with Crippen molar-refractivity contribution in [3.63, 3.8) is 0 Å². The molecule has 1 N–H and O–H groups in total. The molecule has 0 saturated heterocycles. The van der Waals surface area contributed by atoms with Crippen LogP contribution in [-0.4, -0.2) is 24.8 Å². The van der Waals surface area contributed by atoms with Crippen LogP contribution in [0.25, 0.3) is 11.0 Å². The van der Waals surface area contributed by atoms with Crippen molar-refractivity contribution in [2.75, 3.05) is 5.32 Å². The zero-order valence-corrected chi connectivity index (χ0v) is 18.8. The number of rotatable bonds is 6. The highest BCUT2D eigenvalue weighted by Crippen LogP contribution is 2.20. The zero-order chi connectivity index (χ0) is 23.7. The third-order valence-corrected chi connectivity index (χ3v) is 5.61. The summed E-state index contributed by atoms with van der Waals surface area (Å²) in [4.78, 5) is 39.5. The standard InChI is InChI=1S/C23H21ClFN5O3/c1-3-30-21-20(14(2)27-30)28(13-19(31)26-18-7-5-4-6-17(18)24)23(33)29(22(21)32)12-15-8-10-16(25)11-9-15/h4-11H,3,12-13H2,1-2H3,(H,26,31). The predicted octanol–water partition coefficient (Wildman–Crippen LogP) is 3.17. The summed E-state index contributed by atoms with van der Waals surface area (Å²) in [7, 11) is 0. The van der Waals surface area contributed by atoms with Gasteiger partial charge in [-0.15, -0.1) is 0 Å². The number of anilines is 1. The lowest BCUT2D eigenvalue weighted by molar-refractivity contribution is -0.116. The van der Waals surface area contributed by atoms with Crippen molar-refractivity contribution in [3.05, 3.63) is 91.5 Å². The molecule has 2 aromatic heterocycles. The van der Waals surface area contributed by atoms with Gasteiger partial charge in [0.25, 0.3) is 5.56 Å². The lowest BCUT2D eigenvalue weighted by Crippen LogP contribution is -2.42. The second-order valence-electron chi connectivity index (χ2n) is 7.51. The summed E-state index contributed by atoms with van der Waals surface area (Å²) >= 11 is 6.12. The van der Waals surface area contributed by atoms with Crippen LogP contribution in [0.2, 0.25) is 5.02 Å². The van der Waals surface area contributed by atoms with Crippen molar-refractivity contribution in [1.82, 2.24) is 18.9 Å². The number of carbonyl (C=O) groups excluding carboxylic acids is 1. The zero-order valence-electron chi connectivity index (χ0n) is 18.0. The van der Waals surface area contributed by atoms with Crippen LogP contribution in [-0.2, 0) is 24.4 Å². The minimum Gasteiger partial charge on any atom is -0.323 e. The molecule has 33 heavy (non-hydrogen) atoms. The molecule has 4 aromatic rings. The van der Waals surface area contributed by atoms with Crippen molar-refractivity contribution >= 4 is 34.2 Å². The molecule has 0 saturated carbocycles. The van der Waals surface area contributed by atoms with Gasteiger partial charge in [0.15, 0.2) is 5.52 Å². The fourth-order valence-electron chi connectivity index (χ4n) is 3.75. The molecule has 10 heteroatoms. The van der Waals surface area contributed by atoms with Crippen LogP contribution < -0.4 is 16.6 Å². The number of hydrogen-bond donors (Lipinski definition) is 1. The van der Waals surface area contributed by atoms with Crippen LogP contribution in [0.5, 0.6) is 0 Å². The number of carbonyl (C=O) groups is 1. The van der Waals surface area contributed by atoms with Crippen molar-refractivity contribution in [3.8, 4) is 0 Å². The lowest BCUT2D eigenvalue weighted by atomic mass is 10.2. The maximum Gasteiger partial charge on any atom is 0.332 e. The molecule has 8 nitrogen and oxygen atoms in total. The molecular formula is C23H21ClFN5O3. The first-order valence-corrected chi connectivity index (χ1v) is 10.7. The maximum atomic E-state index is 13.4. The first-order chi connectivity index (χ1) is 15.8. The summed E-state index contributed by atoms with van der Waals surface area (Å²) in [5, 5.41) is 7.43. The molecule has 170 valence electrons. The Hall–Kier alpha value is -3.72. The molecule has 2 aromatic carbocycles. The third kappa shape index (κ3) is 4.31. The Morgan fingerprint density at radius 3 is 2.42 bits per heavy atom. The average Bonchev–Trinajstić information content (AvgIpc) is 3.13. The van der Waals surface area contributed by atoms with E-state index < -0.39 is 23.0 Å². The van der Waals surface area contributed by atoms with Crippen LogP contribution in [0.15, 0.2) is 58.1 Å². The summed E-state index contributed by atoms with van der Waals surface area (Å²) in [6.07, 6.45) is 0. The Kier molecular flexibility index (Phi) is 6.15. The van der Waals surface area contributed by atoms with Gasteiger partial charge >= 0.3 is 5.69 Å². The van der Waals surface area contributed by atoms with E-state index in [4.69, 9.17) is 11.6 Å². The summed E-state index contributed by atoms with van der Waals surface area (Å²) in [6.45, 7) is 3.49. The SMILES string of the molecule is CCn1nc(C)c2c1c(=O)n(Cc1ccc(F)cc1)c(=O)n2CC(=O)Nc1ccccc1Cl. The van der Waals surface area contributed by atoms with E-state index in [1.54, 1.807) is 31.2 Å².